The van der Waals surface area contributed by atoms with Gasteiger partial charge in [0.15, 0.2) is 6.29 Å². The van der Waals surface area contributed by atoms with Crippen LogP contribution in [0.4, 0.5) is 0 Å². The number of ether oxygens (including phenoxy) is 3. The summed E-state index contributed by atoms with van der Waals surface area (Å²) >= 11 is 0. The van der Waals surface area contributed by atoms with E-state index >= 15 is 0 Å². The molecule has 0 amide bonds. The van der Waals surface area contributed by atoms with Crippen molar-refractivity contribution in [2.75, 3.05) is 6.61 Å². The number of hydrogen-bond donors (Lipinski definition) is 1. The molecule has 0 aliphatic carbocycles. The van der Waals surface area contributed by atoms with Gasteiger partial charge >= 0.3 is 0 Å². The largest absolute Gasteiger partial charge is 0.374 e. The zero-order valence-electron chi connectivity index (χ0n) is 14.1. The van der Waals surface area contributed by atoms with E-state index in [0.717, 1.165) is 11.1 Å². The van der Waals surface area contributed by atoms with Crippen LogP contribution in [0.5, 0.6) is 0 Å². The highest BCUT2D eigenvalue weighted by molar-refractivity contribution is 5.84. The lowest BCUT2D eigenvalue weighted by atomic mass is 9.85. The van der Waals surface area contributed by atoms with Gasteiger partial charge in [-0.1, -0.05) is 38.1 Å². The van der Waals surface area contributed by atoms with Crippen LogP contribution in [-0.2, 0) is 27.4 Å². The Morgan fingerprint density at radius 2 is 1.62 bits per heavy atom. The van der Waals surface area contributed by atoms with Crippen LogP contribution in [0.15, 0.2) is 36.4 Å². The van der Waals surface area contributed by atoms with Crippen molar-refractivity contribution >= 4 is 10.8 Å². The van der Waals surface area contributed by atoms with Crippen LogP contribution in [0.25, 0.3) is 10.8 Å². The summed E-state index contributed by atoms with van der Waals surface area (Å²) in [6, 6.07) is 12.7. The van der Waals surface area contributed by atoms with Crippen LogP contribution >= 0.6 is 0 Å². The van der Waals surface area contributed by atoms with Crippen molar-refractivity contribution in [3.8, 4) is 0 Å². The third-order valence-electron chi connectivity index (χ3n) is 5.43. The van der Waals surface area contributed by atoms with Crippen molar-refractivity contribution < 1.29 is 19.3 Å². The van der Waals surface area contributed by atoms with Crippen LogP contribution < -0.4 is 0 Å². The highest BCUT2D eigenvalue weighted by Crippen LogP contribution is 2.34. The van der Waals surface area contributed by atoms with Gasteiger partial charge in [-0.05, 0) is 34.0 Å². The molecule has 3 unspecified atom stereocenters. The molecule has 5 atom stereocenters. The summed E-state index contributed by atoms with van der Waals surface area (Å²) in [5.41, 5.74) is 2.32. The fourth-order valence-electron chi connectivity index (χ4n) is 3.85. The molecule has 1 N–H and O–H groups in total. The molecule has 128 valence electrons. The Balaban J connectivity index is 1.69. The van der Waals surface area contributed by atoms with E-state index in [2.05, 4.69) is 43.3 Å². The SMILES string of the molecule is CC1C(O)OC2COCc3cc4ccccc4cc3CO[C@@H]1[C@H]2C. The number of rotatable bonds is 0. The second-order valence-electron chi connectivity index (χ2n) is 7.04. The van der Waals surface area contributed by atoms with Gasteiger partial charge in [0.05, 0.1) is 32.0 Å². The summed E-state index contributed by atoms with van der Waals surface area (Å²) in [6.07, 6.45) is -0.974. The van der Waals surface area contributed by atoms with E-state index in [-0.39, 0.29) is 24.0 Å². The van der Waals surface area contributed by atoms with Gasteiger partial charge in [0, 0.05) is 11.8 Å². The molecule has 2 aromatic carbocycles. The summed E-state index contributed by atoms with van der Waals surface area (Å²) in [5, 5.41) is 12.6. The predicted octanol–water partition coefficient (Wildman–Crippen LogP) is 3.24. The molecule has 4 rings (SSSR count). The molecule has 0 saturated carbocycles. The van der Waals surface area contributed by atoms with Crippen molar-refractivity contribution in [1.82, 2.24) is 0 Å². The first-order chi connectivity index (χ1) is 11.6. The fourth-order valence-corrected chi connectivity index (χ4v) is 3.85. The number of fused-ring (bicyclic) bond motifs is 4. The van der Waals surface area contributed by atoms with Crippen LogP contribution in [0.2, 0.25) is 0 Å². The van der Waals surface area contributed by atoms with E-state index in [4.69, 9.17) is 14.2 Å². The van der Waals surface area contributed by atoms with Crippen molar-refractivity contribution in [1.29, 1.82) is 0 Å². The Kier molecular flexibility index (Phi) is 4.31. The molecule has 24 heavy (non-hydrogen) atoms. The van der Waals surface area contributed by atoms with Crippen LogP contribution in [0, 0.1) is 11.8 Å². The molecule has 0 radical (unpaired) electrons. The first-order valence-electron chi connectivity index (χ1n) is 8.67. The van der Waals surface area contributed by atoms with Crippen LogP contribution in [0.1, 0.15) is 25.0 Å². The average Bonchev–Trinajstić information content (AvgIpc) is 2.58. The van der Waals surface area contributed by atoms with Crippen molar-refractivity contribution in [2.24, 2.45) is 11.8 Å². The van der Waals surface area contributed by atoms with Crippen molar-refractivity contribution in [3.63, 3.8) is 0 Å². The highest BCUT2D eigenvalue weighted by Gasteiger charge is 2.41. The maximum atomic E-state index is 10.2. The molecule has 2 aromatic rings. The molecule has 1 fully saturated rings. The van der Waals surface area contributed by atoms with E-state index in [0.29, 0.717) is 19.8 Å². The van der Waals surface area contributed by atoms with Crippen molar-refractivity contribution in [2.45, 2.75) is 45.6 Å². The zero-order chi connectivity index (χ0) is 16.7. The van der Waals surface area contributed by atoms with Crippen LogP contribution in [0.3, 0.4) is 0 Å². The normalized spacial score (nSPS) is 33.9. The number of hydrogen-bond acceptors (Lipinski definition) is 4. The van der Waals surface area contributed by atoms with Gasteiger partial charge in [-0.2, -0.15) is 0 Å². The second kappa shape index (κ2) is 6.45. The Bertz CT molecular complexity index is 729. The number of benzene rings is 2. The zero-order valence-corrected chi connectivity index (χ0v) is 14.1. The maximum absolute atomic E-state index is 10.2. The molecule has 2 aliphatic rings. The lowest BCUT2D eigenvalue weighted by molar-refractivity contribution is -0.262. The Morgan fingerprint density at radius 3 is 2.33 bits per heavy atom. The van der Waals surface area contributed by atoms with E-state index in [1.54, 1.807) is 0 Å². The summed E-state index contributed by atoms with van der Waals surface area (Å²) in [4.78, 5) is 0. The first kappa shape index (κ1) is 16.0. The quantitative estimate of drug-likeness (QED) is 0.806. The standard InChI is InChI=1S/C20H24O4/c1-12-18-11-22-9-16-7-14-5-3-4-6-15(14)8-17(16)10-23-19(12)13(2)20(21)24-18/h3-8,12-13,18-21H,9-11H2,1-2H3/t12-,13?,18?,19+,20?/m0/s1. The van der Waals surface area contributed by atoms with E-state index in [9.17, 15) is 5.11 Å². The van der Waals surface area contributed by atoms with Gasteiger partial charge in [-0.15, -0.1) is 0 Å². The molecule has 0 aromatic heterocycles. The Morgan fingerprint density at radius 1 is 0.958 bits per heavy atom. The van der Waals surface area contributed by atoms with E-state index in [1.165, 1.54) is 10.8 Å². The van der Waals surface area contributed by atoms with Gasteiger partial charge in [0.2, 0.25) is 0 Å². The van der Waals surface area contributed by atoms with Gasteiger partial charge in [0.1, 0.15) is 0 Å². The lowest BCUT2D eigenvalue weighted by Crippen LogP contribution is -2.51. The Labute approximate surface area is 142 Å². The molecule has 1 saturated heterocycles. The highest BCUT2D eigenvalue weighted by atomic mass is 16.6. The first-order valence-corrected chi connectivity index (χ1v) is 8.67. The molecular formula is C20H24O4. The molecule has 4 heteroatoms. The monoisotopic (exact) mass is 328 g/mol. The number of aliphatic hydroxyl groups excluding tert-OH is 1. The van der Waals surface area contributed by atoms with E-state index < -0.39 is 6.29 Å². The van der Waals surface area contributed by atoms with Crippen LogP contribution in [-0.4, -0.2) is 30.2 Å². The van der Waals surface area contributed by atoms with E-state index in [1.807, 2.05) is 6.92 Å². The molecule has 4 nitrogen and oxygen atoms in total. The molecule has 2 bridgehead atoms. The smallest absolute Gasteiger partial charge is 0.160 e. The molecule has 2 aliphatic heterocycles. The second-order valence-corrected chi connectivity index (χ2v) is 7.04. The molecule has 0 spiro atoms. The van der Waals surface area contributed by atoms with Gasteiger partial charge in [-0.3, -0.25) is 0 Å². The lowest BCUT2D eigenvalue weighted by Gasteiger charge is -2.43. The van der Waals surface area contributed by atoms with Gasteiger partial charge in [-0.25, -0.2) is 0 Å². The third-order valence-corrected chi connectivity index (χ3v) is 5.43. The Hall–Kier alpha value is -1.46. The fraction of sp³-hybridized carbons (Fsp3) is 0.500. The third kappa shape index (κ3) is 2.84. The van der Waals surface area contributed by atoms with Gasteiger partial charge < -0.3 is 19.3 Å². The maximum Gasteiger partial charge on any atom is 0.160 e. The summed E-state index contributed by atoms with van der Waals surface area (Å²) < 4.78 is 17.9. The summed E-state index contributed by atoms with van der Waals surface area (Å²) in [5.74, 6) is 0.130. The molecular weight excluding hydrogens is 304 g/mol. The minimum atomic E-state index is -0.796. The van der Waals surface area contributed by atoms with Crippen molar-refractivity contribution in [3.05, 3.63) is 47.5 Å². The average molecular weight is 328 g/mol. The minimum absolute atomic E-state index is 0.0419. The predicted molar refractivity (Wildman–Crippen MR) is 91.4 cm³/mol. The number of aliphatic hydroxyl groups is 1. The topological polar surface area (TPSA) is 47.9 Å². The molecule has 2 heterocycles. The summed E-state index contributed by atoms with van der Waals surface area (Å²) in [7, 11) is 0. The van der Waals surface area contributed by atoms with Gasteiger partial charge in [0.25, 0.3) is 0 Å². The minimum Gasteiger partial charge on any atom is -0.374 e. The summed E-state index contributed by atoms with van der Waals surface area (Å²) in [6.45, 7) is 5.63.